The summed E-state index contributed by atoms with van der Waals surface area (Å²) in [5.74, 6) is -0.283. The Morgan fingerprint density at radius 3 is 2.45 bits per heavy atom. The Bertz CT molecular complexity index is 619. The molecule has 20 heavy (non-hydrogen) atoms. The molecule has 106 valence electrons. The maximum atomic E-state index is 13.9. The van der Waals surface area contributed by atoms with E-state index in [0.717, 1.165) is 9.13 Å². The molecule has 0 aliphatic heterocycles. The van der Waals surface area contributed by atoms with E-state index < -0.39 is 0 Å². The van der Waals surface area contributed by atoms with Crippen molar-refractivity contribution < 1.29 is 4.39 Å². The number of benzene rings is 2. The molecule has 0 radical (unpaired) electrons. The third-order valence-corrected chi connectivity index (χ3v) is 4.57. The van der Waals surface area contributed by atoms with Crippen LogP contribution in [0.5, 0.6) is 0 Å². The van der Waals surface area contributed by atoms with Gasteiger partial charge in [-0.25, -0.2) is 4.39 Å². The topological polar surface area (TPSA) is 12.0 Å². The molecule has 1 unspecified atom stereocenters. The van der Waals surface area contributed by atoms with Crippen LogP contribution in [0.2, 0.25) is 10.0 Å². The van der Waals surface area contributed by atoms with Crippen LogP contribution in [0, 0.1) is 9.39 Å². The molecule has 0 amide bonds. The molecule has 2 aromatic carbocycles. The summed E-state index contributed by atoms with van der Waals surface area (Å²) in [5.41, 5.74) is 1.69. The van der Waals surface area contributed by atoms with E-state index in [0.29, 0.717) is 22.0 Å². The Hall–Kier alpha value is -0.360. The Morgan fingerprint density at radius 1 is 1.15 bits per heavy atom. The molecule has 0 bridgehead atoms. The van der Waals surface area contributed by atoms with Crippen LogP contribution in [0.25, 0.3) is 0 Å². The molecule has 0 fully saturated rings. The summed E-state index contributed by atoms with van der Waals surface area (Å²) in [6.07, 6.45) is 0.538. The van der Waals surface area contributed by atoms with E-state index in [1.165, 1.54) is 6.07 Å². The molecule has 1 nitrogen and oxygen atoms in total. The zero-order chi connectivity index (χ0) is 14.7. The highest BCUT2D eigenvalue weighted by Crippen LogP contribution is 2.27. The second-order valence-corrected chi connectivity index (χ2v) is 6.48. The second-order valence-electron chi connectivity index (χ2n) is 4.45. The lowest BCUT2D eigenvalue weighted by atomic mass is 9.99. The summed E-state index contributed by atoms with van der Waals surface area (Å²) in [6, 6.07) is 10.5. The van der Waals surface area contributed by atoms with Gasteiger partial charge in [0.1, 0.15) is 5.82 Å². The average molecular weight is 424 g/mol. The predicted octanol–water partition coefficient (Wildman–Crippen LogP) is 5.24. The third-order valence-electron chi connectivity index (χ3n) is 3.12. The molecule has 0 aromatic heterocycles. The van der Waals surface area contributed by atoms with Crippen molar-refractivity contribution >= 4 is 45.8 Å². The molecule has 0 saturated carbocycles. The van der Waals surface area contributed by atoms with Gasteiger partial charge >= 0.3 is 0 Å². The molecule has 0 saturated heterocycles. The first-order valence-electron chi connectivity index (χ1n) is 6.07. The highest BCUT2D eigenvalue weighted by Gasteiger charge is 2.16. The van der Waals surface area contributed by atoms with Crippen molar-refractivity contribution in [3.8, 4) is 0 Å². The molecule has 0 aliphatic carbocycles. The fourth-order valence-electron chi connectivity index (χ4n) is 2.06. The molecule has 0 spiro atoms. The normalized spacial score (nSPS) is 12.4. The van der Waals surface area contributed by atoms with Crippen molar-refractivity contribution in [1.82, 2.24) is 5.32 Å². The highest BCUT2D eigenvalue weighted by molar-refractivity contribution is 14.1. The molecule has 2 aromatic rings. The predicted molar refractivity (Wildman–Crippen MR) is 91.1 cm³/mol. The van der Waals surface area contributed by atoms with Crippen molar-refractivity contribution in [1.29, 1.82) is 0 Å². The van der Waals surface area contributed by atoms with Gasteiger partial charge in [-0.15, -0.1) is 0 Å². The average Bonchev–Trinajstić information content (AvgIpc) is 2.41. The van der Waals surface area contributed by atoms with Crippen LogP contribution < -0.4 is 5.32 Å². The maximum absolute atomic E-state index is 13.9. The smallest absolute Gasteiger partial charge is 0.127 e. The first-order chi connectivity index (χ1) is 9.51. The molecule has 1 atom stereocenters. The van der Waals surface area contributed by atoms with Gasteiger partial charge in [-0.05, 0) is 77.5 Å². The fourth-order valence-corrected chi connectivity index (χ4v) is 3.11. The first-order valence-corrected chi connectivity index (χ1v) is 7.91. The Kier molecular flexibility index (Phi) is 5.66. The lowest BCUT2D eigenvalue weighted by Gasteiger charge is -2.19. The van der Waals surface area contributed by atoms with Crippen LogP contribution in [0.15, 0.2) is 36.4 Å². The Balaban J connectivity index is 2.31. The van der Waals surface area contributed by atoms with Crippen molar-refractivity contribution in [3.63, 3.8) is 0 Å². The molecular formula is C15H13Cl2FIN. The number of rotatable bonds is 4. The van der Waals surface area contributed by atoms with Crippen LogP contribution in [0.1, 0.15) is 17.2 Å². The van der Waals surface area contributed by atoms with E-state index in [4.69, 9.17) is 23.2 Å². The number of hydrogen-bond donors (Lipinski definition) is 1. The lowest BCUT2D eigenvalue weighted by molar-refractivity contribution is 0.553. The summed E-state index contributed by atoms with van der Waals surface area (Å²) in [5, 5.41) is 4.30. The summed E-state index contributed by atoms with van der Waals surface area (Å²) >= 11 is 14.1. The quantitative estimate of drug-likeness (QED) is 0.663. The van der Waals surface area contributed by atoms with Gasteiger partial charge in [-0.3, -0.25) is 0 Å². The van der Waals surface area contributed by atoms with E-state index in [1.54, 1.807) is 12.1 Å². The minimum absolute atomic E-state index is 0.00345. The van der Waals surface area contributed by atoms with E-state index >= 15 is 0 Å². The molecule has 1 N–H and O–H groups in total. The molecule has 2 rings (SSSR count). The van der Waals surface area contributed by atoms with Gasteiger partial charge in [-0.2, -0.15) is 0 Å². The van der Waals surface area contributed by atoms with E-state index in [9.17, 15) is 4.39 Å². The number of halogens is 4. The van der Waals surface area contributed by atoms with Crippen LogP contribution in [-0.2, 0) is 6.42 Å². The van der Waals surface area contributed by atoms with Crippen LogP contribution in [0.4, 0.5) is 4.39 Å². The van der Waals surface area contributed by atoms with Gasteiger partial charge in [0.25, 0.3) is 0 Å². The Morgan fingerprint density at radius 2 is 1.80 bits per heavy atom. The number of likely N-dealkylation sites (N-methyl/N-ethyl adjacent to an activating group) is 1. The van der Waals surface area contributed by atoms with E-state index in [1.807, 2.05) is 25.2 Å². The first kappa shape index (κ1) is 16.0. The molecular weight excluding hydrogens is 411 g/mol. The van der Waals surface area contributed by atoms with Gasteiger partial charge in [0.15, 0.2) is 0 Å². The van der Waals surface area contributed by atoms with E-state index in [2.05, 4.69) is 27.9 Å². The van der Waals surface area contributed by atoms with Crippen molar-refractivity contribution in [2.75, 3.05) is 7.05 Å². The standard InChI is InChI=1S/C15H13Cl2FIN/c1-20-15(12-7-10(16)4-5-14(12)19)6-9-2-3-11(17)8-13(9)18/h2-5,7-8,15,20H,6H2,1H3. The highest BCUT2D eigenvalue weighted by atomic mass is 127. The van der Waals surface area contributed by atoms with Crippen molar-refractivity contribution in [2.24, 2.45) is 0 Å². The van der Waals surface area contributed by atoms with Crippen LogP contribution in [-0.4, -0.2) is 7.05 Å². The zero-order valence-corrected chi connectivity index (χ0v) is 14.4. The summed E-state index contributed by atoms with van der Waals surface area (Å²) in [7, 11) is 1.86. The summed E-state index contributed by atoms with van der Waals surface area (Å²) in [6.45, 7) is 0. The largest absolute Gasteiger partial charge is 0.313 e. The van der Waals surface area contributed by atoms with Gasteiger partial charge in [0.2, 0.25) is 0 Å². The van der Waals surface area contributed by atoms with Crippen molar-refractivity contribution in [3.05, 3.63) is 67.0 Å². The Labute approximate surface area is 141 Å². The van der Waals surface area contributed by atoms with Gasteiger partial charge in [-0.1, -0.05) is 29.3 Å². The SMILES string of the molecule is CNC(Cc1ccc(Cl)cc1F)c1cc(Cl)ccc1I. The number of hydrogen-bond acceptors (Lipinski definition) is 1. The third kappa shape index (κ3) is 3.85. The van der Waals surface area contributed by atoms with Crippen molar-refractivity contribution in [2.45, 2.75) is 12.5 Å². The minimum atomic E-state index is -0.283. The fraction of sp³-hybridized carbons (Fsp3) is 0.200. The molecule has 0 aliphatic rings. The molecule has 0 heterocycles. The monoisotopic (exact) mass is 423 g/mol. The second kappa shape index (κ2) is 7.07. The van der Waals surface area contributed by atoms with Gasteiger partial charge in [0, 0.05) is 19.7 Å². The van der Waals surface area contributed by atoms with Crippen LogP contribution >= 0.6 is 45.8 Å². The number of nitrogens with one attached hydrogen (secondary N) is 1. The molecule has 5 heteroatoms. The van der Waals surface area contributed by atoms with E-state index in [-0.39, 0.29) is 11.9 Å². The summed E-state index contributed by atoms with van der Waals surface area (Å²) < 4.78 is 15.0. The maximum Gasteiger partial charge on any atom is 0.127 e. The van der Waals surface area contributed by atoms with Gasteiger partial charge < -0.3 is 5.32 Å². The van der Waals surface area contributed by atoms with Gasteiger partial charge in [0.05, 0.1) is 0 Å². The lowest BCUT2D eigenvalue weighted by Crippen LogP contribution is -2.20. The summed E-state index contributed by atoms with van der Waals surface area (Å²) in [4.78, 5) is 0. The minimum Gasteiger partial charge on any atom is -0.313 e. The van der Waals surface area contributed by atoms with Crippen LogP contribution in [0.3, 0.4) is 0 Å². The zero-order valence-electron chi connectivity index (χ0n) is 10.8.